The summed E-state index contributed by atoms with van der Waals surface area (Å²) < 4.78 is 3.03. The molecular formula is C22H22N2OS2. The Bertz CT molecular complexity index is 1070. The average Bonchev–Trinajstić information content (AvgIpc) is 2.98. The number of amides is 1. The van der Waals surface area contributed by atoms with Gasteiger partial charge in [0.15, 0.2) is 4.80 Å². The molecule has 27 heavy (non-hydrogen) atoms. The van der Waals surface area contributed by atoms with Crippen molar-refractivity contribution < 1.29 is 4.79 Å². The lowest BCUT2D eigenvalue weighted by Crippen LogP contribution is -2.16. The molecule has 3 aromatic rings. The number of carbonyl (C=O) groups excluding carboxylic acids is 1. The molecule has 0 fully saturated rings. The summed E-state index contributed by atoms with van der Waals surface area (Å²) in [6.45, 7) is 6.81. The van der Waals surface area contributed by atoms with Crippen molar-refractivity contribution in [2.45, 2.75) is 43.9 Å². The van der Waals surface area contributed by atoms with Crippen molar-refractivity contribution in [1.82, 2.24) is 4.57 Å². The summed E-state index contributed by atoms with van der Waals surface area (Å²) in [4.78, 5) is 18.8. The summed E-state index contributed by atoms with van der Waals surface area (Å²) in [6.07, 6.45) is 6.51. The minimum Gasteiger partial charge on any atom is -0.305 e. The van der Waals surface area contributed by atoms with Crippen LogP contribution >= 0.6 is 23.1 Å². The lowest BCUT2D eigenvalue weighted by Gasteiger charge is -2.04. The van der Waals surface area contributed by atoms with E-state index in [1.54, 1.807) is 11.8 Å². The zero-order valence-electron chi connectivity index (χ0n) is 15.7. The molecule has 138 valence electrons. The van der Waals surface area contributed by atoms with Gasteiger partial charge in [-0.2, -0.15) is 4.99 Å². The molecule has 0 radical (unpaired) electrons. The number of thioether (sulfide) groups is 1. The Balaban J connectivity index is 2.00. The van der Waals surface area contributed by atoms with Gasteiger partial charge in [-0.05, 0) is 48.4 Å². The number of aromatic nitrogens is 1. The van der Waals surface area contributed by atoms with E-state index < -0.39 is 0 Å². The molecule has 1 amide bonds. The number of thiazole rings is 1. The van der Waals surface area contributed by atoms with Crippen LogP contribution in [0.15, 0.2) is 52.4 Å². The van der Waals surface area contributed by atoms with E-state index >= 15 is 0 Å². The van der Waals surface area contributed by atoms with Crippen LogP contribution in [0.5, 0.6) is 0 Å². The normalized spacial score (nSPS) is 11.9. The van der Waals surface area contributed by atoms with Gasteiger partial charge >= 0.3 is 0 Å². The molecule has 0 aliphatic heterocycles. The highest BCUT2D eigenvalue weighted by Gasteiger charge is 2.10. The largest absolute Gasteiger partial charge is 0.305 e. The molecule has 0 unspecified atom stereocenters. The van der Waals surface area contributed by atoms with Gasteiger partial charge in [-0.25, -0.2) is 0 Å². The fraction of sp³-hybridized carbons (Fsp3) is 0.273. The minimum absolute atomic E-state index is 0.246. The van der Waals surface area contributed by atoms with E-state index in [1.807, 2.05) is 28.8 Å². The summed E-state index contributed by atoms with van der Waals surface area (Å²) in [5, 5.41) is 0.505. The van der Waals surface area contributed by atoms with E-state index in [1.165, 1.54) is 16.9 Å². The van der Waals surface area contributed by atoms with E-state index in [9.17, 15) is 4.79 Å². The first-order valence-corrected chi connectivity index (χ1v) is 10.6. The molecule has 0 saturated heterocycles. The molecule has 2 aromatic carbocycles. The molecule has 0 bridgehead atoms. The Morgan fingerprint density at radius 1 is 1.26 bits per heavy atom. The second kappa shape index (κ2) is 8.60. The third kappa shape index (κ3) is 4.52. The zero-order chi connectivity index (χ0) is 19.4. The highest BCUT2D eigenvalue weighted by atomic mass is 32.2. The van der Waals surface area contributed by atoms with Crippen molar-refractivity contribution in [3.05, 3.63) is 58.4 Å². The van der Waals surface area contributed by atoms with Gasteiger partial charge in [-0.1, -0.05) is 44.1 Å². The van der Waals surface area contributed by atoms with E-state index in [4.69, 9.17) is 6.42 Å². The van der Waals surface area contributed by atoms with Gasteiger partial charge < -0.3 is 4.57 Å². The lowest BCUT2D eigenvalue weighted by molar-refractivity contribution is 0.0998. The van der Waals surface area contributed by atoms with Crippen molar-refractivity contribution in [3.8, 4) is 12.3 Å². The number of rotatable bonds is 5. The molecule has 0 aliphatic rings. The molecular weight excluding hydrogens is 372 g/mol. The van der Waals surface area contributed by atoms with Crippen LogP contribution in [0.25, 0.3) is 10.2 Å². The summed E-state index contributed by atoms with van der Waals surface area (Å²) in [7, 11) is 0. The van der Waals surface area contributed by atoms with Crippen molar-refractivity contribution in [2.24, 2.45) is 4.99 Å². The second-order valence-corrected chi connectivity index (χ2v) is 9.10. The highest BCUT2D eigenvalue weighted by molar-refractivity contribution is 7.99. The Kier molecular flexibility index (Phi) is 6.20. The van der Waals surface area contributed by atoms with Crippen molar-refractivity contribution in [3.63, 3.8) is 0 Å². The summed E-state index contributed by atoms with van der Waals surface area (Å²) in [6, 6.07) is 13.9. The second-order valence-electron chi connectivity index (χ2n) is 6.44. The van der Waals surface area contributed by atoms with Crippen LogP contribution in [-0.2, 0) is 13.0 Å². The highest BCUT2D eigenvalue weighted by Crippen LogP contribution is 2.23. The van der Waals surface area contributed by atoms with Gasteiger partial charge in [0.05, 0.1) is 16.8 Å². The summed E-state index contributed by atoms with van der Waals surface area (Å²) in [5.74, 6) is 2.42. The molecule has 0 saturated carbocycles. The van der Waals surface area contributed by atoms with Crippen molar-refractivity contribution in [1.29, 1.82) is 0 Å². The Morgan fingerprint density at radius 3 is 2.63 bits per heavy atom. The van der Waals surface area contributed by atoms with Crippen LogP contribution in [0.1, 0.15) is 36.7 Å². The molecule has 5 heteroatoms. The molecule has 0 atom stereocenters. The van der Waals surface area contributed by atoms with Crippen LogP contribution in [0.3, 0.4) is 0 Å². The Hall–Kier alpha value is -2.29. The van der Waals surface area contributed by atoms with Gasteiger partial charge in [0.1, 0.15) is 0 Å². The van der Waals surface area contributed by atoms with Crippen LogP contribution in [0.4, 0.5) is 0 Å². The van der Waals surface area contributed by atoms with Crippen LogP contribution < -0.4 is 4.80 Å². The predicted molar refractivity (Wildman–Crippen MR) is 115 cm³/mol. The van der Waals surface area contributed by atoms with Gasteiger partial charge in [0.25, 0.3) is 5.91 Å². The third-order valence-electron chi connectivity index (χ3n) is 4.08. The molecule has 1 heterocycles. The standard InChI is InChI=1S/C22H22N2OS2/c1-5-13-24-19-12-7-16(6-2)14-20(19)27-22(24)23-21(25)17-8-10-18(11-9-17)26-15(3)4/h1,7-12,14-15H,6,13H2,2-4H3. The molecule has 0 spiro atoms. The van der Waals surface area contributed by atoms with E-state index in [2.05, 4.69) is 49.9 Å². The molecule has 0 N–H and O–H groups in total. The van der Waals surface area contributed by atoms with E-state index in [0.29, 0.717) is 22.2 Å². The third-order valence-corrected chi connectivity index (χ3v) is 6.13. The first-order chi connectivity index (χ1) is 13.0. The smallest absolute Gasteiger partial charge is 0.279 e. The van der Waals surface area contributed by atoms with Crippen molar-refractivity contribution in [2.75, 3.05) is 0 Å². The number of terminal acetylenes is 1. The summed E-state index contributed by atoms with van der Waals surface area (Å²) >= 11 is 3.28. The van der Waals surface area contributed by atoms with Gasteiger partial charge in [0.2, 0.25) is 0 Å². The van der Waals surface area contributed by atoms with Gasteiger partial charge in [-0.15, -0.1) is 18.2 Å². The first kappa shape index (κ1) is 19.5. The number of aryl methyl sites for hydroxylation is 1. The van der Waals surface area contributed by atoms with Crippen LogP contribution in [-0.4, -0.2) is 15.7 Å². The van der Waals surface area contributed by atoms with Gasteiger partial charge in [-0.3, -0.25) is 4.79 Å². The van der Waals surface area contributed by atoms with Crippen LogP contribution in [0.2, 0.25) is 0 Å². The fourth-order valence-corrected chi connectivity index (χ4v) is 4.70. The molecule has 3 rings (SSSR count). The molecule has 3 nitrogen and oxygen atoms in total. The Morgan fingerprint density at radius 2 is 2.00 bits per heavy atom. The van der Waals surface area contributed by atoms with Crippen LogP contribution in [0, 0.1) is 12.3 Å². The van der Waals surface area contributed by atoms with Gasteiger partial charge in [0, 0.05) is 15.7 Å². The van der Waals surface area contributed by atoms with E-state index in [-0.39, 0.29) is 5.91 Å². The average molecular weight is 395 g/mol. The molecule has 1 aromatic heterocycles. The lowest BCUT2D eigenvalue weighted by atomic mass is 10.2. The summed E-state index contributed by atoms with van der Waals surface area (Å²) in [5.41, 5.74) is 2.86. The number of fused-ring (bicyclic) bond motifs is 1. The number of nitrogens with zero attached hydrogens (tertiary/aromatic N) is 2. The fourth-order valence-electron chi connectivity index (χ4n) is 2.77. The predicted octanol–water partition coefficient (Wildman–Crippen LogP) is 5.14. The topological polar surface area (TPSA) is 34.4 Å². The number of hydrogen-bond donors (Lipinski definition) is 0. The minimum atomic E-state index is -0.246. The number of carbonyl (C=O) groups is 1. The number of benzene rings is 2. The maximum absolute atomic E-state index is 12.7. The maximum Gasteiger partial charge on any atom is 0.279 e. The first-order valence-electron chi connectivity index (χ1n) is 8.93. The quantitative estimate of drug-likeness (QED) is 0.443. The molecule has 0 aliphatic carbocycles. The monoisotopic (exact) mass is 394 g/mol. The SMILES string of the molecule is C#CCn1c(=NC(=O)c2ccc(SC(C)C)cc2)sc2cc(CC)ccc21. The van der Waals surface area contributed by atoms with E-state index in [0.717, 1.165) is 21.5 Å². The van der Waals surface area contributed by atoms with Crippen molar-refractivity contribution >= 4 is 39.2 Å². The zero-order valence-corrected chi connectivity index (χ0v) is 17.4. The Labute approximate surface area is 168 Å². The maximum atomic E-state index is 12.7. The number of hydrogen-bond acceptors (Lipinski definition) is 3.